The van der Waals surface area contributed by atoms with E-state index in [9.17, 15) is 9.59 Å². The number of rotatable bonds is 5. The topological polar surface area (TPSA) is 62.7 Å². The van der Waals surface area contributed by atoms with Gasteiger partial charge in [0.15, 0.2) is 0 Å². The van der Waals surface area contributed by atoms with Gasteiger partial charge in [-0.1, -0.05) is 19.9 Å². The number of anilines is 1. The van der Waals surface area contributed by atoms with Crippen LogP contribution in [0.3, 0.4) is 0 Å². The minimum atomic E-state index is -0.555. The molecule has 0 aromatic carbocycles. The maximum Gasteiger partial charge on any atom is 0.416 e. The quantitative estimate of drug-likeness (QED) is 0.761. The van der Waals surface area contributed by atoms with E-state index in [1.54, 1.807) is 16.0 Å². The largest absolute Gasteiger partial charge is 0.443 e. The number of aromatic nitrogens is 1. The number of amides is 2. The number of pyridine rings is 1. The van der Waals surface area contributed by atoms with Gasteiger partial charge < -0.3 is 9.64 Å². The Bertz CT molecular complexity index is 593. The van der Waals surface area contributed by atoms with Crippen LogP contribution in [0.2, 0.25) is 0 Å². The van der Waals surface area contributed by atoms with Gasteiger partial charge in [-0.2, -0.15) is 0 Å². The van der Waals surface area contributed by atoms with E-state index >= 15 is 0 Å². The standard InChI is InChI=1S/C19H29N3O3/c1-14(2)12-22(18(24)25-19(3,4)5)17-9-8-15(11-20-17)16-7-6-10-21(16)13-23/h8-9,11,13-14,16H,6-7,10,12H2,1-5H3/t16-/m1/s1. The molecule has 2 amide bonds. The number of nitrogens with zero attached hydrogens (tertiary/aromatic N) is 3. The molecule has 0 bridgehead atoms. The molecule has 0 N–H and O–H groups in total. The predicted molar refractivity (Wildman–Crippen MR) is 97.4 cm³/mol. The molecule has 2 heterocycles. The van der Waals surface area contributed by atoms with Crippen molar-refractivity contribution in [2.75, 3.05) is 18.0 Å². The van der Waals surface area contributed by atoms with Gasteiger partial charge in [-0.25, -0.2) is 9.78 Å². The summed E-state index contributed by atoms with van der Waals surface area (Å²) >= 11 is 0. The average Bonchev–Trinajstić information content (AvgIpc) is 2.99. The summed E-state index contributed by atoms with van der Waals surface area (Å²) in [6.07, 6.45) is 4.22. The third kappa shape index (κ3) is 5.18. The van der Waals surface area contributed by atoms with E-state index in [4.69, 9.17) is 4.74 Å². The molecule has 6 heteroatoms. The van der Waals surface area contributed by atoms with Crippen molar-refractivity contribution in [3.05, 3.63) is 23.9 Å². The highest BCUT2D eigenvalue weighted by molar-refractivity contribution is 5.86. The minimum absolute atomic E-state index is 0.0825. The fourth-order valence-electron chi connectivity index (χ4n) is 2.97. The summed E-state index contributed by atoms with van der Waals surface area (Å²) in [6.45, 7) is 11.0. The van der Waals surface area contributed by atoms with Gasteiger partial charge in [0.2, 0.25) is 6.41 Å². The molecule has 0 unspecified atom stereocenters. The SMILES string of the molecule is CC(C)CN(C(=O)OC(C)(C)C)c1ccc([C@H]2CCCN2C=O)cn1. The van der Waals surface area contributed by atoms with Crippen LogP contribution in [0, 0.1) is 5.92 Å². The van der Waals surface area contributed by atoms with Crippen molar-refractivity contribution >= 4 is 18.3 Å². The molecule has 0 aliphatic carbocycles. The summed E-state index contributed by atoms with van der Waals surface area (Å²) in [5.74, 6) is 0.858. The molecule has 138 valence electrons. The fraction of sp³-hybridized carbons (Fsp3) is 0.632. The van der Waals surface area contributed by atoms with E-state index in [1.165, 1.54) is 0 Å². The molecule has 1 saturated heterocycles. The lowest BCUT2D eigenvalue weighted by Crippen LogP contribution is -2.39. The molecule has 1 aliphatic rings. The zero-order valence-electron chi connectivity index (χ0n) is 15.9. The molecule has 1 atom stereocenters. The van der Waals surface area contributed by atoms with Crippen LogP contribution in [0.1, 0.15) is 59.1 Å². The first kappa shape index (κ1) is 19.2. The lowest BCUT2D eigenvalue weighted by molar-refractivity contribution is -0.118. The third-order valence-corrected chi connectivity index (χ3v) is 4.02. The first-order chi connectivity index (χ1) is 11.7. The molecule has 25 heavy (non-hydrogen) atoms. The number of carbonyl (C=O) groups excluding carboxylic acids is 2. The lowest BCUT2D eigenvalue weighted by Gasteiger charge is -2.28. The highest BCUT2D eigenvalue weighted by Gasteiger charge is 2.27. The van der Waals surface area contributed by atoms with E-state index in [0.717, 1.165) is 31.4 Å². The highest BCUT2D eigenvalue weighted by atomic mass is 16.6. The smallest absolute Gasteiger partial charge is 0.416 e. The molecule has 0 spiro atoms. The van der Waals surface area contributed by atoms with Gasteiger partial charge in [-0.3, -0.25) is 9.69 Å². The second kappa shape index (κ2) is 7.85. The number of carbonyl (C=O) groups is 2. The maximum absolute atomic E-state index is 12.5. The van der Waals surface area contributed by atoms with Gasteiger partial charge in [0, 0.05) is 19.3 Å². The van der Waals surface area contributed by atoms with Crippen LogP contribution in [-0.4, -0.2) is 41.1 Å². The molecule has 1 aromatic heterocycles. The zero-order valence-corrected chi connectivity index (χ0v) is 15.9. The maximum atomic E-state index is 12.5. The van der Waals surface area contributed by atoms with Gasteiger partial charge in [0.1, 0.15) is 11.4 Å². The molecule has 1 aromatic rings. The molecule has 6 nitrogen and oxygen atoms in total. The van der Waals surface area contributed by atoms with Crippen LogP contribution in [0.25, 0.3) is 0 Å². The van der Waals surface area contributed by atoms with Crippen LogP contribution in [0.5, 0.6) is 0 Å². The summed E-state index contributed by atoms with van der Waals surface area (Å²) in [4.78, 5) is 31.5. The minimum Gasteiger partial charge on any atom is -0.443 e. The number of hydrogen-bond donors (Lipinski definition) is 0. The van der Waals surface area contributed by atoms with E-state index < -0.39 is 11.7 Å². The van der Waals surface area contributed by atoms with E-state index in [-0.39, 0.29) is 12.0 Å². The van der Waals surface area contributed by atoms with Crippen LogP contribution < -0.4 is 4.90 Å². The Morgan fingerprint density at radius 2 is 2.16 bits per heavy atom. The molecule has 1 fully saturated rings. The highest BCUT2D eigenvalue weighted by Crippen LogP contribution is 2.31. The van der Waals surface area contributed by atoms with Crippen molar-refractivity contribution in [2.45, 2.75) is 59.1 Å². The summed E-state index contributed by atoms with van der Waals surface area (Å²) in [6, 6.07) is 3.87. The summed E-state index contributed by atoms with van der Waals surface area (Å²) < 4.78 is 5.51. The third-order valence-electron chi connectivity index (χ3n) is 4.02. The van der Waals surface area contributed by atoms with Crippen LogP contribution in [0.4, 0.5) is 10.6 Å². The first-order valence-electron chi connectivity index (χ1n) is 8.89. The fourth-order valence-corrected chi connectivity index (χ4v) is 2.97. The first-order valence-corrected chi connectivity index (χ1v) is 8.89. The molecular formula is C19H29N3O3. The number of likely N-dealkylation sites (tertiary alicyclic amines) is 1. The van der Waals surface area contributed by atoms with Gasteiger partial charge in [0.25, 0.3) is 0 Å². The van der Waals surface area contributed by atoms with Crippen LogP contribution in [-0.2, 0) is 9.53 Å². The Morgan fingerprint density at radius 3 is 2.68 bits per heavy atom. The summed E-state index contributed by atoms with van der Waals surface area (Å²) in [5, 5.41) is 0. The van der Waals surface area contributed by atoms with Crippen molar-refractivity contribution in [2.24, 2.45) is 5.92 Å². The Morgan fingerprint density at radius 1 is 1.44 bits per heavy atom. The summed E-state index contributed by atoms with van der Waals surface area (Å²) in [7, 11) is 0. The van der Waals surface area contributed by atoms with Crippen molar-refractivity contribution in [1.82, 2.24) is 9.88 Å². The van der Waals surface area contributed by atoms with E-state index in [1.807, 2.05) is 46.8 Å². The van der Waals surface area contributed by atoms with Crippen molar-refractivity contribution in [3.8, 4) is 0 Å². The van der Waals surface area contributed by atoms with Crippen molar-refractivity contribution < 1.29 is 14.3 Å². The van der Waals surface area contributed by atoms with Crippen molar-refractivity contribution in [1.29, 1.82) is 0 Å². The number of hydrogen-bond acceptors (Lipinski definition) is 4. The predicted octanol–water partition coefficient (Wildman–Crippen LogP) is 3.77. The molecule has 1 aliphatic heterocycles. The van der Waals surface area contributed by atoms with Crippen LogP contribution in [0.15, 0.2) is 18.3 Å². The second-order valence-electron chi connectivity index (χ2n) is 7.94. The van der Waals surface area contributed by atoms with E-state index in [0.29, 0.717) is 12.4 Å². The Hall–Kier alpha value is -2.11. The molecule has 2 rings (SSSR count). The molecular weight excluding hydrogens is 318 g/mol. The lowest BCUT2D eigenvalue weighted by atomic mass is 10.1. The Labute approximate surface area is 150 Å². The van der Waals surface area contributed by atoms with Gasteiger partial charge in [-0.15, -0.1) is 0 Å². The van der Waals surface area contributed by atoms with Gasteiger partial charge >= 0.3 is 6.09 Å². The Balaban J connectivity index is 2.20. The van der Waals surface area contributed by atoms with Gasteiger partial charge in [0.05, 0.1) is 6.04 Å². The zero-order chi connectivity index (χ0) is 18.6. The Kier molecular flexibility index (Phi) is 6.03. The van der Waals surface area contributed by atoms with Gasteiger partial charge in [-0.05, 0) is 51.2 Å². The summed E-state index contributed by atoms with van der Waals surface area (Å²) in [5.41, 5.74) is 0.447. The normalized spacial score (nSPS) is 17.7. The van der Waals surface area contributed by atoms with Crippen LogP contribution >= 0.6 is 0 Å². The number of ether oxygens (including phenoxy) is 1. The van der Waals surface area contributed by atoms with Crippen molar-refractivity contribution in [3.63, 3.8) is 0 Å². The average molecular weight is 347 g/mol. The monoisotopic (exact) mass is 347 g/mol. The van der Waals surface area contributed by atoms with E-state index in [2.05, 4.69) is 4.98 Å². The second-order valence-corrected chi connectivity index (χ2v) is 7.94. The molecule has 0 saturated carbocycles. The molecule has 0 radical (unpaired) electrons.